The van der Waals surface area contributed by atoms with E-state index < -0.39 is 6.83 Å². The maximum absolute atomic E-state index is 12.9. The molecule has 0 fully saturated rings. The monoisotopic (exact) mass is 324 g/mol. The van der Waals surface area contributed by atoms with Gasteiger partial charge in [0.1, 0.15) is 0 Å². The molecule has 126 valence electrons. The molecule has 0 atom stereocenters. The van der Waals surface area contributed by atoms with E-state index >= 15 is 0 Å². The molecule has 1 aromatic rings. The molecular weight excluding hydrogens is 291 g/mol. The Morgan fingerprint density at radius 3 is 1.45 bits per heavy atom. The second-order valence-electron chi connectivity index (χ2n) is 7.44. The van der Waals surface area contributed by atoms with Crippen LogP contribution in [0.5, 0.6) is 0 Å². The Kier molecular flexibility index (Phi) is 5.84. The summed E-state index contributed by atoms with van der Waals surface area (Å²) in [6.07, 6.45) is 0. The van der Waals surface area contributed by atoms with Crippen molar-refractivity contribution in [2.75, 3.05) is 0 Å². The Labute approximate surface area is 136 Å². The van der Waals surface area contributed by atoms with Crippen molar-refractivity contribution in [1.29, 1.82) is 0 Å². The van der Waals surface area contributed by atoms with E-state index in [-0.39, 0.29) is 5.97 Å². The third-order valence-electron chi connectivity index (χ3n) is 5.72. The molecule has 1 aromatic carbocycles. The third-order valence-corrected chi connectivity index (χ3v) is 15.2. The Morgan fingerprint density at radius 2 is 1.14 bits per heavy atom. The van der Waals surface area contributed by atoms with E-state index in [1.54, 1.807) is 0 Å². The number of carbonyl (C=O) groups is 1. The quantitative estimate of drug-likeness (QED) is 0.605. The van der Waals surface area contributed by atoms with Crippen LogP contribution < -0.4 is 0 Å². The van der Waals surface area contributed by atoms with Crippen molar-refractivity contribution >= 4 is 12.8 Å². The predicted molar refractivity (Wildman–Crippen MR) is 99.3 cm³/mol. The van der Waals surface area contributed by atoms with E-state index in [2.05, 4.69) is 55.4 Å². The second-order valence-corrected chi connectivity index (χ2v) is 14.4. The maximum atomic E-state index is 12.9. The van der Waals surface area contributed by atoms with E-state index in [1.165, 1.54) is 0 Å². The average Bonchev–Trinajstić information content (AvgIpc) is 2.44. The molecule has 0 unspecified atom stereocenters. The summed E-state index contributed by atoms with van der Waals surface area (Å²) in [6.45, 7) is 15.1. The van der Waals surface area contributed by atoms with Crippen LogP contribution in [0.4, 0.5) is 0 Å². The molecule has 0 aliphatic heterocycles. The van der Waals surface area contributed by atoms with E-state index in [4.69, 9.17) is 4.52 Å². The van der Waals surface area contributed by atoms with Gasteiger partial charge in [0, 0.05) is 0 Å². The normalized spacial score (nSPS) is 14.5. The van der Waals surface area contributed by atoms with Crippen molar-refractivity contribution in [3.05, 3.63) is 35.9 Å². The molecule has 0 bridgehead atoms. The fourth-order valence-electron chi connectivity index (χ4n) is 4.82. The van der Waals surface area contributed by atoms with Crippen molar-refractivity contribution in [2.24, 2.45) is 0 Å². The molecule has 0 radical (unpaired) electrons. The number of rotatable bonds is 6. The summed E-state index contributed by atoms with van der Waals surface area (Å²) in [4.78, 5) is 12.9. The molecule has 2 nitrogen and oxygen atoms in total. The van der Waals surface area contributed by atoms with Crippen molar-refractivity contribution in [1.82, 2.24) is 0 Å². The molecule has 0 N–H and O–H groups in total. The Balaban J connectivity index is 3.48. The van der Waals surface area contributed by atoms with Gasteiger partial charge >= 0.3 is 136 Å². The fraction of sp³-hybridized carbons (Fsp3) is 0.632. The fourth-order valence-corrected chi connectivity index (χ4v) is 13.3. The van der Waals surface area contributed by atoms with Crippen LogP contribution in [0.3, 0.4) is 0 Å². The van der Waals surface area contributed by atoms with Gasteiger partial charge in [-0.1, -0.05) is 0 Å². The zero-order valence-corrected chi connectivity index (χ0v) is 16.4. The van der Waals surface area contributed by atoms with E-state index in [9.17, 15) is 4.79 Å². The zero-order chi connectivity index (χ0) is 17.2. The summed E-state index contributed by atoms with van der Waals surface area (Å²) in [5.41, 5.74) is 2.04. The Morgan fingerprint density at radius 1 is 0.773 bits per heavy atom. The predicted octanol–water partition coefficient (Wildman–Crippen LogP) is 5.95. The molecule has 0 aliphatic rings. The summed E-state index contributed by atoms with van der Waals surface area (Å²) in [6, 6.07) is 9.39. The summed E-state index contributed by atoms with van der Waals surface area (Å²) in [5, 5.41) is 0. The van der Waals surface area contributed by atoms with Gasteiger partial charge in [-0.2, -0.15) is 0 Å². The van der Waals surface area contributed by atoms with Gasteiger partial charge in [0.25, 0.3) is 0 Å². The first kappa shape index (κ1) is 19.2. The van der Waals surface area contributed by atoms with Crippen LogP contribution in [-0.2, 0) is 4.52 Å². The molecule has 0 aromatic heterocycles. The molecular formula is C19H33O2P. The molecule has 0 heterocycles. The molecule has 0 amide bonds. The minimum atomic E-state index is -2.75. The van der Waals surface area contributed by atoms with Crippen LogP contribution in [0.25, 0.3) is 0 Å². The topological polar surface area (TPSA) is 26.3 Å². The molecule has 3 heteroatoms. The van der Waals surface area contributed by atoms with Crippen LogP contribution in [0.2, 0.25) is 0 Å². The number of carbonyl (C=O) groups excluding carboxylic acids is 1. The van der Waals surface area contributed by atoms with Crippen molar-refractivity contribution in [3.63, 3.8) is 0 Å². The minimum absolute atomic E-state index is 0.164. The van der Waals surface area contributed by atoms with Gasteiger partial charge in [0.2, 0.25) is 0 Å². The second kappa shape index (κ2) is 6.71. The summed E-state index contributed by atoms with van der Waals surface area (Å²) in [5.74, 6) is -0.164. The zero-order valence-electron chi connectivity index (χ0n) is 15.5. The molecule has 0 saturated carbocycles. The van der Waals surface area contributed by atoms with Crippen LogP contribution in [0.15, 0.2) is 30.3 Å². The molecule has 22 heavy (non-hydrogen) atoms. The van der Waals surface area contributed by atoms with E-state index in [1.807, 2.05) is 30.3 Å². The van der Waals surface area contributed by atoms with Crippen LogP contribution >= 0.6 is 6.83 Å². The number of hydrogen-bond acceptors (Lipinski definition) is 2. The van der Waals surface area contributed by atoms with Gasteiger partial charge in [-0.15, -0.1) is 0 Å². The average molecular weight is 324 g/mol. The number of hydrogen-bond donors (Lipinski definition) is 0. The summed E-state index contributed by atoms with van der Waals surface area (Å²) < 4.78 is 6.55. The first-order valence-electron chi connectivity index (χ1n) is 8.40. The van der Waals surface area contributed by atoms with Crippen molar-refractivity contribution in [3.8, 4) is 0 Å². The molecule has 1 rings (SSSR count). The first-order valence-corrected chi connectivity index (χ1v) is 10.8. The van der Waals surface area contributed by atoms with E-state index in [0.29, 0.717) is 28.2 Å². The summed E-state index contributed by atoms with van der Waals surface area (Å²) >= 11 is 0. The third kappa shape index (κ3) is 2.60. The van der Waals surface area contributed by atoms with E-state index in [0.717, 1.165) is 0 Å². The van der Waals surface area contributed by atoms with Gasteiger partial charge in [0.05, 0.1) is 0 Å². The van der Waals surface area contributed by atoms with Crippen molar-refractivity contribution in [2.45, 2.75) is 78.0 Å². The SMILES string of the molecule is CC(C)P(OC(=O)c1ccccc1)(C(C)C)(C(C)C)C(C)C. The van der Waals surface area contributed by atoms with Gasteiger partial charge in [0.15, 0.2) is 0 Å². The Bertz CT molecular complexity index is 460. The van der Waals surface area contributed by atoms with Crippen LogP contribution in [0.1, 0.15) is 65.7 Å². The molecule has 0 saturated heterocycles. The van der Waals surface area contributed by atoms with Crippen LogP contribution in [-0.4, -0.2) is 28.6 Å². The first-order chi connectivity index (χ1) is 10.1. The van der Waals surface area contributed by atoms with Gasteiger partial charge in [-0.05, 0) is 0 Å². The van der Waals surface area contributed by atoms with Gasteiger partial charge in [-0.25, -0.2) is 0 Å². The van der Waals surface area contributed by atoms with Gasteiger partial charge < -0.3 is 0 Å². The number of benzene rings is 1. The molecule has 0 aliphatic carbocycles. The Hall–Kier alpha value is -0.880. The van der Waals surface area contributed by atoms with Gasteiger partial charge in [-0.3, -0.25) is 0 Å². The standard InChI is InChI=1S/C19H33O2P/c1-14(2)22(15(3)4,16(5)6,17(7)8)21-19(20)18-12-10-9-11-13-18/h9-17H,1-8H3. The van der Waals surface area contributed by atoms with Crippen molar-refractivity contribution < 1.29 is 9.32 Å². The molecule has 0 spiro atoms. The van der Waals surface area contributed by atoms with Crippen LogP contribution in [0, 0.1) is 0 Å². The summed E-state index contributed by atoms with van der Waals surface area (Å²) in [7, 11) is 0.